The predicted molar refractivity (Wildman–Crippen MR) is 96.3 cm³/mol. The third-order valence-corrected chi connectivity index (χ3v) is 3.88. The van der Waals surface area contributed by atoms with Gasteiger partial charge in [0.05, 0.1) is 17.3 Å². The fourth-order valence-electron chi connectivity index (χ4n) is 2.47. The van der Waals surface area contributed by atoms with Gasteiger partial charge in [0, 0.05) is 35.8 Å². The van der Waals surface area contributed by atoms with Gasteiger partial charge >= 0.3 is 0 Å². The van der Waals surface area contributed by atoms with Gasteiger partial charge in [-0.1, -0.05) is 6.07 Å². The fourth-order valence-corrected chi connectivity index (χ4v) is 2.47. The van der Waals surface area contributed by atoms with Crippen LogP contribution in [0.4, 0.5) is 17.5 Å². The van der Waals surface area contributed by atoms with Crippen LogP contribution < -0.4 is 10.6 Å². The average Bonchev–Trinajstić information content (AvgIpc) is 3.46. The van der Waals surface area contributed by atoms with Crippen molar-refractivity contribution >= 4 is 17.5 Å². The zero-order valence-electron chi connectivity index (χ0n) is 13.5. The number of benzene rings is 1. The van der Waals surface area contributed by atoms with E-state index in [4.69, 9.17) is 5.26 Å². The number of rotatable bonds is 5. The van der Waals surface area contributed by atoms with Crippen molar-refractivity contribution in [2.45, 2.75) is 18.9 Å². The molecule has 6 heteroatoms. The fraction of sp³-hybridized carbons (Fsp3) is 0.158. The standard InChI is InChI=1S/C19H16N6/c20-12-13-2-1-3-16(10-13)22-18-11-17(14-6-8-21-9-7-14)24-19(25-18)23-15-4-5-15/h1-3,6-11,15H,4-5H2,(H2,22,23,24,25). The molecule has 0 aliphatic heterocycles. The summed E-state index contributed by atoms with van der Waals surface area (Å²) in [7, 11) is 0. The number of nitriles is 1. The maximum Gasteiger partial charge on any atom is 0.225 e. The van der Waals surface area contributed by atoms with Gasteiger partial charge in [-0.15, -0.1) is 0 Å². The molecule has 122 valence electrons. The van der Waals surface area contributed by atoms with E-state index in [1.807, 2.05) is 30.3 Å². The Hall–Kier alpha value is -3.46. The lowest BCUT2D eigenvalue weighted by atomic mass is 10.2. The van der Waals surface area contributed by atoms with Crippen LogP contribution in [0.1, 0.15) is 18.4 Å². The third-order valence-electron chi connectivity index (χ3n) is 3.88. The van der Waals surface area contributed by atoms with Gasteiger partial charge < -0.3 is 10.6 Å². The molecule has 2 aromatic heterocycles. The second-order valence-corrected chi connectivity index (χ2v) is 5.93. The molecule has 0 bridgehead atoms. The second-order valence-electron chi connectivity index (χ2n) is 5.93. The van der Waals surface area contributed by atoms with Gasteiger partial charge in [0.2, 0.25) is 5.95 Å². The summed E-state index contributed by atoms with van der Waals surface area (Å²) in [6.07, 6.45) is 5.79. The Morgan fingerprint density at radius 1 is 1.04 bits per heavy atom. The van der Waals surface area contributed by atoms with Crippen molar-refractivity contribution in [1.82, 2.24) is 15.0 Å². The first-order valence-corrected chi connectivity index (χ1v) is 8.13. The van der Waals surface area contributed by atoms with Crippen LogP contribution in [0.25, 0.3) is 11.3 Å². The first-order valence-electron chi connectivity index (χ1n) is 8.13. The van der Waals surface area contributed by atoms with E-state index in [9.17, 15) is 0 Å². The molecule has 0 radical (unpaired) electrons. The molecular formula is C19H16N6. The van der Waals surface area contributed by atoms with Crippen molar-refractivity contribution in [3.8, 4) is 17.3 Å². The molecule has 3 aromatic rings. The van der Waals surface area contributed by atoms with Crippen LogP contribution in [-0.4, -0.2) is 21.0 Å². The number of anilines is 3. The summed E-state index contributed by atoms with van der Waals surface area (Å²) in [4.78, 5) is 13.2. The molecule has 2 N–H and O–H groups in total. The van der Waals surface area contributed by atoms with Crippen LogP contribution in [0.15, 0.2) is 54.9 Å². The Morgan fingerprint density at radius 3 is 2.64 bits per heavy atom. The van der Waals surface area contributed by atoms with Crippen LogP contribution in [0.5, 0.6) is 0 Å². The normalized spacial score (nSPS) is 13.1. The molecule has 0 unspecified atom stereocenters. The summed E-state index contributed by atoms with van der Waals surface area (Å²) in [5.74, 6) is 1.29. The number of hydrogen-bond donors (Lipinski definition) is 2. The maximum absolute atomic E-state index is 9.05. The molecule has 0 amide bonds. The highest BCUT2D eigenvalue weighted by atomic mass is 15.2. The highest BCUT2D eigenvalue weighted by molar-refractivity contribution is 5.67. The third kappa shape index (κ3) is 3.72. The Morgan fingerprint density at radius 2 is 1.88 bits per heavy atom. The van der Waals surface area contributed by atoms with Crippen molar-refractivity contribution in [1.29, 1.82) is 5.26 Å². The average molecular weight is 328 g/mol. The lowest BCUT2D eigenvalue weighted by Crippen LogP contribution is -2.07. The zero-order chi connectivity index (χ0) is 17.1. The molecule has 0 spiro atoms. The monoisotopic (exact) mass is 328 g/mol. The summed E-state index contributed by atoms with van der Waals surface area (Å²) < 4.78 is 0. The lowest BCUT2D eigenvalue weighted by Gasteiger charge is -2.11. The van der Waals surface area contributed by atoms with Crippen LogP contribution in [-0.2, 0) is 0 Å². The van der Waals surface area contributed by atoms with Gasteiger partial charge in [-0.2, -0.15) is 10.2 Å². The minimum Gasteiger partial charge on any atom is -0.351 e. The minimum absolute atomic E-state index is 0.461. The predicted octanol–water partition coefficient (Wildman–Crippen LogP) is 3.73. The topological polar surface area (TPSA) is 86.5 Å². The summed E-state index contributed by atoms with van der Waals surface area (Å²) in [6.45, 7) is 0. The first-order chi connectivity index (χ1) is 12.3. The molecule has 0 saturated heterocycles. The molecule has 1 aliphatic rings. The highest BCUT2D eigenvalue weighted by Crippen LogP contribution is 2.27. The van der Waals surface area contributed by atoms with Crippen LogP contribution >= 0.6 is 0 Å². The van der Waals surface area contributed by atoms with E-state index in [0.29, 0.717) is 23.4 Å². The summed E-state index contributed by atoms with van der Waals surface area (Å²) in [5, 5.41) is 15.7. The van der Waals surface area contributed by atoms with Crippen molar-refractivity contribution in [2.75, 3.05) is 10.6 Å². The van der Waals surface area contributed by atoms with Crippen LogP contribution in [0.3, 0.4) is 0 Å². The maximum atomic E-state index is 9.05. The summed E-state index contributed by atoms with van der Waals surface area (Å²) in [5.41, 5.74) is 3.21. The molecular weight excluding hydrogens is 312 g/mol. The SMILES string of the molecule is N#Cc1cccc(Nc2cc(-c3ccncc3)nc(NC3CC3)n2)c1. The number of nitrogens with zero attached hydrogens (tertiary/aromatic N) is 4. The van der Waals surface area contributed by atoms with Crippen LogP contribution in [0, 0.1) is 11.3 Å². The second kappa shape index (κ2) is 6.57. The van der Waals surface area contributed by atoms with Gasteiger partial charge in [0.1, 0.15) is 5.82 Å². The minimum atomic E-state index is 0.461. The molecule has 0 atom stereocenters. The van der Waals surface area contributed by atoms with E-state index in [-0.39, 0.29) is 0 Å². The van der Waals surface area contributed by atoms with Gasteiger partial charge in [-0.05, 0) is 43.2 Å². The van der Waals surface area contributed by atoms with Crippen molar-refractivity contribution in [3.05, 3.63) is 60.4 Å². The summed E-state index contributed by atoms with van der Waals surface area (Å²) in [6, 6.07) is 15.7. The van der Waals surface area contributed by atoms with E-state index in [1.54, 1.807) is 24.5 Å². The van der Waals surface area contributed by atoms with E-state index >= 15 is 0 Å². The van der Waals surface area contributed by atoms with Crippen molar-refractivity contribution in [3.63, 3.8) is 0 Å². The van der Waals surface area contributed by atoms with E-state index in [1.165, 1.54) is 0 Å². The molecule has 1 saturated carbocycles. The molecule has 1 fully saturated rings. The Labute approximate surface area is 145 Å². The molecule has 1 aromatic carbocycles. The Kier molecular flexibility index (Phi) is 3.97. The van der Waals surface area contributed by atoms with E-state index in [0.717, 1.165) is 29.8 Å². The molecule has 2 heterocycles. The summed E-state index contributed by atoms with van der Waals surface area (Å²) >= 11 is 0. The van der Waals surface area contributed by atoms with E-state index < -0.39 is 0 Å². The van der Waals surface area contributed by atoms with Crippen LogP contribution in [0.2, 0.25) is 0 Å². The van der Waals surface area contributed by atoms with Gasteiger partial charge in [0.15, 0.2) is 0 Å². The number of nitrogens with one attached hydrogen (secondary N) is 2. The molecule has 6 nitrogen and oxygen atoms in total. The highest BCUT2D eigenvalue weighted by Gasteiger charge is 2.22. The zero-order valence-corrected chi connectivity index (χ0v) is 13.5. The largest absolute Gasteiger partial charge is 0.351 e. The van der Waals surface area contributed by atoms with Crippen molar-refractivity contribution in [2.24, 2.45) is 0 Å². The van der Waals surface area contributed by atoms with Gasteiger partial charge in [-0.3, -0.25) is 4.98 Å². The first kappa shape index (κ1) is 15.1. The van der Waals surface area contributed by atoms with Gasteiger partial charge in [-0.25, -0.2) is 4.98 Å². The molecule has 4 rings (SSSR count). The number of aromatic nitrogens is 3. The van der Waals surface area contributed by atoms with Gasteiger partial charge in [0.25, 0.3) is 0 Å². The number of hydrogen-bond acceptors (Lipinski definition) is 6. The van der Waals surface area contributed by atoms with Crippen molar-refractivity contribution < 1.29 is 0 Å². The quantitative estimate of drug-likeness (QED) is 0.742. The molecule has 1 aliphatic carbocycles. The molecule has 25 heavy (non-hydrogen) atoms. The smallest absolute Gasteiger partial charge is 0.225 e. The van der Waals surface area contributed by atoms with E-state index in [2.05, 4.69) is 31.7 Å². The Bertz CT molecular complexity index is 928. The Balaban J connectivity index is 1.69. The lowest BCUT2D eigenvalue weighted by molar-refractivity contribution is 1.06. The number of pyridine rings is 1.